The average Bonchev–Trinajstić information content (AvgIpc) is 2.78. The van der Waals surface area contributed by atoms with Gasteiger partial charge in [0.05, 0.1) is 6.26 Å². The molecule has 1 fully saturated rings. The van der Waals surface area contributed by atoms with Gasteiger partial charge in [0.2, 0.25) is 0 Å². The standard InChI is InChI=1S/C13H18O4/c1-8-2-4-9(5-3-8)11(14)12-10(13(15)16)6-7-17-12/h6-9,11,14H,2-5H2,1H3,(H,15,16). The summed E-state index contributed by atoms with van der Waals surface area (Å²) in [6.45, 7) is 2.21. The topological polar surface area (TPSA) is 70.7 Å². The van der Waals surface area contributed by atoms with E-state index in [0.717, 1.165) is 25.7 Å². The summed E-state index contributed by atoms with van der Waals surface area (Å²) in [5.74, 6) is -0.0153. The van der Waals surface area contributed by atoms with Gasteiger partial charge in [-0.1, -0.05) is 19.8 Å². The molecule has 0 amide bonds. The molecule has 1 aromatic heterocycles. The average molecular weight is 238 g/mol. The summed E-state index contributed by atoms with van der Waals surface area (Å²) in [5.41, 5.74) is 0.0797. The van der Waals surface area contributed by atoms with E-state index >= 15 is 0 Å². The minimum absolute atomic E-state index is 0.0797. The fraction of sp³-hybridized carbons (Fsp3) is 0.615. The molecule has 2 rings (SSSR count). The van der Waals surface area contributed by atoms with Crippen LogP contribution in [0, 0.1) is 11.8 Å². The van der Waals surface area contributed by atoms with Crippen LogP contribution < -0.4 is 0 Å². The van der Waals surface area contributed by atoms with E-state index in [1.165, 1.54) is 12.3 Å². The van der Waals surface area contributed by atoms with Crippen molar-refractivity contribution in [2.24, 2.45) is 11.8 Å². The van der Waals surface area contributed by atoms with Crippen LogP contribution in [0.3, 0.4) is 0 Å². The van der Waals surface area contributed by atoms with Crippen molar-refractivity contribution in [3.63, 3.8) is 0 Å². The van der Waals surface area contributed by atoms with Crippen molar-refractivity contribution in [3.05, 3.63) is 23.7 Å². The SMILES string of the molecule is CC1CCC(C(O)c2occc2C(=O)O)CC1. The molecule has 4 nitrogen and oxygen atoms in total. The highest BCUT2D eigenvalue weighted by molar-refractivity contribution is 5.88. The Labute approximate surface area is 100 Å². The van der Waals surface area contributed by atoms with E-state index in [1.54, 1.807) is 0 Å². The van der Waals surface area contributed by atoms with Crippen LogP contribution >= 0.6 is 0 Å². The lowest BCUT2D eigenvalue weighted by Crippen LogP contribution is -2.20. The monoisotopic (exact) mass is 238 g/mol. The van der Waals surface area contributed by atoms with Crippen LogP contribution in [-0.4, -0.2) is 16.2 Å². The van der Waals surface area contributed by atoms with Gasteiger partial charge in [-0.2, -0.15) is 0 Å². The zero-order chi connectivity index (χ0) is 12.4. The minimum atomic E-state index is -1.04. The third-order valence-corrected chi connectivity index (χ3v) is 3.70. The Morgan fingerprint density at radius 3 is 2.65 bits per heavy atom. The molecular weight excluding hydrogens is 220 g/mol. The second kappa shape index (κ2) is 4.92. The van der Waals surface area contributed by atoms with Crippen LogP contribution in [0.4, 0.5) is 0 Å². The third-order valence-electron chi connectivity index (χ3n) is 3.70. The largest absolute Gasteiger partial charge is 0.478 e. The zero-order valence-electron chi connectivity index (χ0n) is 9.93. The van der Waals surface area contributed by atoms with E-state index in [4.69, 9.17) is 9.52 Å². The van der Waals surface area contributed by atoms with Crippen LogP contribution in [-0.2, 0) is 0 Å². The first-order valence-electron chi connectivity index (χ1n) is 6.08. The van der Waals surface area contributed by atoms with E-state index in [0.29, 0.717) is 5.92 Å². The molecular formula is C13H18O4. The van der Waals surface area contributed by atoms with Gasteiger partial charge < -0.3 is 14.6 Å². The van der Waals surface area contributed by atoms with Crippen molar-refractivity contribution in [1.29, 1.82) is 0 Å². The molecule has 0 spiro atoms. The molecule has 1 saturated carbocycles. The number of aliphatic hydroxyl groups excluding tert-OH is 1. The summed E-state index contributed by atoms with van der Waals surface area (Å²) < 4.78 is 5.14. The minimum Gasteiger partial charge on any atom is -0.478 e. The van der Waals surface area contributed by atoms with Gasteiger partial charge in [-0.15, -0.1) is 0 Å². The first-order valence-corrected chi connectivity index (χ1v) is 6.08. The second-order valence-electron chi connectivity index (χ2n) is 4.97. The number of hydrogen-bond donors (Lipinski definition) is 2. The van der Waals surface area contributed by atoms with Gasteiger partial charge in [0.25, 0.3) is 0 Å². The number of carbonyl (C=O) groups is 1. The van der Waals surface area contributed by atoms with E-state index in [-0.39, 0.29) is 17.2 Å². The van der Waals surface area contributed by atoms with E-state index < -0.39 is 12.1 Å². The fourth-order valence-corrected chi connectivity index (χ4v) is 2.54. The molecule has 0 bridgehead atoms. The van der Waals surface area contributed by atoms with Crippen LogP contribution in [0.5, 0.6) is 0 Å². The van der Waals surface area contributed by atoms with Crippen LogP contribution in [0.2, 0.25) is 0 Å². The maximum atomic E-state index is 11.0. The molecule has 94 valence electrons. The number of carboxylic acids is 1. The lowest BCUT2D eigenvalue weighted by Gasteiger charge is -2.29. The molecule has 0 saturated heterocycles. The molecule has 1 unspecified atom stereocenters. The fourth-order valence-electron chi connectivity index (χ4n) is 2.54. The zero-order valence-corrected chi connectivity index (χ0v) is 9.93. The van der Waals surface area contributed by atoms with Crippen LogP contribution in [0.15, 0.2) is 16.7 Å². The summed E-state index contributed by atoms with van der Waals surface area (Å²) in [7, 11) is 0. The summed E-state index contributed by atoms with van der Waals surface area (Å²) in [4.78, 5) is 11.0. The molecule has 1 aliphatic carbocycles. The van der Waals surface area contributed by atoms with Gasteiger partial charge in [0.15, 0.2) is 0 Å². The number of aromatic carboxylic acids is 1. The lowest BCUT2D eigenvalue weighted by atomic mass is 9.79. The highest BCUT2D eigenvalue weighted by Crippen LogP contribution is 2.37. The molecule has 0 radical (unpaired) electrons. The number of rotatable bonds is 3. The van der Waals surface area contributed by atoms with Crippen molar-refractivity contribution in [2.75, 3.05) is 0 Å². The normalized spacial score (nSPS) is 26.7. The van der Waals surface area contributed by atoms with E-state index in [1.807, 2.05) is 0 Å². The molecule has 0 aliphatic heterocycles. The molecule has 1 heterocycles. The smallest absolute Gasteiger partial charge is 0.339 e. The Morgan fingerprint density at radius 1 is 1.41 bits per heavy atom. The Kier molecular flexibility index (Phi) is 3.52. The molecule has 1 aromatic rings. The summed E-state index contributed by atoms with van der Waals surface area (Å²) in [6.07, 6.45) is 4.58. The van der Waals surface area contributed by atoms with Gasteiger partial charge >= 0.3 is 5.97 Å². The number of carboxylic acid groups (broad SMARTS) is 1. The van der Waals surface area contributed by atoms with Gasteiger partial charge in [0, 0.05) is 0 Å². The van der Waals surface area contributed by atoms with Gasteiger partial charge in [-0.3, -0.25) is 0 Å². The second-order valence-corrected chi connectivity index (χ2v) is 4.97. The summed E-state index contributed by atoms with van der Waals surface area (Å²) >= 11 is 0. The van der Waals surface area contributed by atoms with Crippen molar-refractivity contribution >= 4 is 5.97 Å². The Bertz CT molecular complexity index is 388. The first kappa shape index (κ1) is 12.2. The van der Waals surface area contributed by atoms with Crippen molar-refractivity contribution in [3.8, 4) is 0 Å². The van der Waals surface area contributed by atoms with Crippen LogP contribution in [0.1, 0.15) is 54.8 Å². The summed E-state index contributed by atoms with van der Waals surface area (Å²) in [6, 6.07) is 1.40. The van der Waals surface area contributed by atoms with Gasteiger partial charge in [0.1, 0.15) is 17.4 Å². The Balaban J connectivity index is 2.11. The van der Waals surface area contributed by atoms with Crippen LogP contribution in [0.25, 0.3) is 0 Å². The maximum Gasteiger partial charge on any atom is 0.339 e. The number of furan rings is 1. The lowest BCUT2D eigenvalue weighted by molar-refractivity contribution is 0.0522. The highest BCUT2D eigenvalue weighted by atomic mass is 16.4. The molecule has 1 atom stereocenters. The van der Waals surface area contributed by atoms with Crippen molar-refractivity contribution in [2.45, 2.75) is 38.7 Å². The summed E-state index contributed by atoms with van der Waals surface area (Å²) in [5, 5.41) is 19.2. The highest BCUT2D eigenvalue weighted by Gasteiger charge is 2.30. The predicted octanol–water partition coefficient (Wildman–Crippen LogP) is 2.84. The van der Waals surface area contributed by atoms with E-state index in [9.17, 15) is 9.90 Å². The van der Waals surface area contributed by atoms with Crippen molar-refractivity contribution < 1.29 is 19.4 Å². The number of aliphatic hydroxyl groups is 1. The Morgan fingerprint density at radius 2 is 2.06 bits per heavy atom. The molecule has 1 aliphatic rings. The molecule has 17 heavy (non-hydrogen) atoms. The number of hydrogen-bond acceptors (Lipinski definition) is 3. The van der Waals surface area contributed by atoms with Crippen molar-refractivity contribution in [1.82, 2.24) is 0 Å². The maximum absolute atomic E-state index is 11.0. The molecule has 2 N–H and O–H groups in total. The van der Waals surface area contributed by atoms with Gasteiger partial charge in [-0.25, -0.2) is 4.79 Å². The third kappa shape index (κ3) is 2.52. The first-order chi connectivity index (χ1) is 8.09. The quantitative estimate of drug-likeness (QED) is 0.849. The van der Waals surface area contributed by atoms with E-state index in [2.05, 4.69) is 6.92 Å². The van der Waals surface area contributed by atoms with Gasteiger partial charge in [-0.05, 0) is 30.7 Å². The predicted molar refractivity (Wildman–Crippen MR) is 61.7 cm³/mol. The Hall–Kier alpha value is -1.29. The molecule has 4 heteroatoms. The molecule has 0 aromatic carbocycles.